The van der Waals surface area contributed by atoms with Gasteiger partial charge in [0.15, 0.2) is 0 Å². The summed E-state index contributed by atoms with van der Waals surface area (Å²) < 4.78 is 0. The van der Waals surface area contributed by atoms with Crippen molar-refractivity contribution < 1.29 is 0 Å². The average molecular weight is 167 g/mol. The monoisotopic (exact) mass is 167 g/mol. The minimum absolute atomic E-state index is 0.440. The Morgan fingerprint density at radius 1 is 1.33 bits per heavy atom. The van der Waals surface area contributed by atoms with E-state index in [2.05, 4.69) is 32.0 Å². The van der Waals surface area contributed by atoms with Crippen LogP contribution in [0.4, 0.5) is 0 Å². The van der Waals surface area contributed by atoms with Gasteiger partial charge in [-0.3, -0.25) is 4.99 Å². The van der Waals surface area contributed by atoms with Crippen molar-refractivity contribution in [1.82, 2.24) is 0 Å². The summed E-state index contributed by atoms with van der Waals surface area (Å²) >= 11 is 0. The third-order valence-corrected chi connectivity index (χ3v) is 1.21. The molecular formula is C11H21N. The summed E-state index contributed by atoms with van der Waals surface area (Å²) in [4.78, 5) is 4.10. The second kappa shape index (κ2) is 8.25. The van der Waals surface area contributed by atoms with Crippen LogP contribution in [0, 0.1) is 5.92 Å². The van der Waals surface area contributed by atoms with Crippen molar-refractivity contribution in [1.29, 1.82) is 0 Å². The Hall–Kier alpha value is -0.850. The Bertz CT molecular complexity index is 164. The van der Waals surface area contributed by atoms with Crippen LogP contribution in [-0.4, -0.2) is 5.71 Å². The number of allylic oxidation sites excluding steroid dienone is 1. The number of hydrogen-bond acceptors (Lipinski definition) is 1. The topological polar surface area (TPSA) is 12.4 Å². The van der Waals surface area contributed by atoms with E-state index in [0.29, 0.717) is 5.92 Å². The van der Waals surface area contributed by atoms with Gasteiger partial charge in [0.2, 0.25) is 0 Å². The Morgan fingerprint density at radius 2 is 1.75 bits per heavy atom. The molecule has 0 saturated carbocycles. The largest absolute Gasteiger partial charge is 0.261 e. The lowest BCUT2D eigenvalue weighted by Gasteiger charge is -2.07. The SMILES string of the molecule is C=CN=C(C(=C)C)C(C)C.CC. The zero-order valence-corrected chi connectivity index (χ0v) is 9.02. The summed E-state index contributed by atoms with van der Waals surface area (Å²) in [6.45, 7) is 17.5. The van der Waals surface area contributed by atoms with E-state index in [1.54, 1.807) is 6.20 Å². The van der Waals surface area contributed by atoms with Gasteiger partial charge in [0.05, 0.1) is 0 Å². The molecule has 0 fully saturated rings. The minimum atomic E-state index is 0.440. The molecule has 0 heterocycles. The van der Waals surface area contributed by atoms with Crippen LogP contribution >= 0.6 is 0 Å². The summed E-state index contributed by atoms with van der Waals surface area (Å²) in [5.41, 5.74) is 2.06. The number of nitrogens with zero attached hydrogens (tertiary/aromatic N) is 1. The first kappa shape index (κ1) is 13.7. The van der Waals surface area contributed by atoms with E-state index in [1.165, 1.54) is 0 Å². The lowest BCUT2D eigenvalue weighted by Crippen LogP contribution is -2.07. The zero-order chi connectivity index (χ0) is 10.1. The van der Waals surface area contributed by atoms with Gasteiger partial charge in [-0.2, -0.15) is 0 Å². The van der Waals surface area contributed by atoms with Crippen LogP contribution in [-0.2, 0) is 0 Å². The van der Waals surface area contributed by atoms with Crippen LogP contribution < -0.4 is 0 Å². The first-order chi connectivity index (χ1) is 5.59. The van der Waals surface area contributed by atoms with Crippen molar-refractivity contribution in [2.45, 2.75) is 34.6 Å². The molecule has 0 spiro atoms. The van der Waals surface area contributed by atoms with Crippen molar-refractivity contribution >= 4 is 5.71 Å². The molecule has 12 heavy (non-hydrogen) atoms. The molecule has 0 atom stereocenters. The van der Waals surface area contributed by atoms with Gasteiger partial charge in [-0.15, -0.1) is 0 Å². The van der Waals surface area contributed by atoms with Gasteiger partial charge >= 0.3 is 0 Å². The first-order valence-corrected chi connectivity index (χ1v) is 4.44. The fourth-order valence-electron chi connectivity index (χ4n) is 0.850. The Morgan fingerprint density at radius 3 is 1.83 bits per heavy atom. The van der Waals surface area contributed by atoms with Crippen molar-refractivity contribution in [3.8, 4) is 0 Å². The average Bonchev–Trinajstić information content (AvgIpc) is 2.03. The van der Waals surface area contributed by atoms with E-state index in [-0.39, 0.29) is 0 Å². The van der Waals surface area contributed by atoms with Crippen LogP contribution in [0.3, 0.4) is 0 Å². The maximum atomic E-state index is 4.10. The molecule has 0 aliphatic heterocycles. The highest BCUT2D eigenvalue weighted by molar-refractivity contribution is 6.00. The standard InChI is InChI=1S/C9H15N.C2H6/c1-6-10-9(7(2)3)8(4)5;1-2/h6,8H,1-2H2,3-5H3;1-2H3. The van der Waals surface area contributed by atoms with E-state index in [1.807, 2.05) is 20.8 Å². The fourth-order valence-corrected chi connectivity index (χ4v) is 0.850. The first-order valence-electron chi connectivity index (χ1n) is 4.44. The molecule has 0 aromatic heterocycles. The van der Waals surface area contributed by atoms with Crippen LogP contribution in [0.15, 0.2) is 29.9 Å². The van der Waals surface area contributed by atoms with Gasteiger partial charge in [0, 0.05) is 11.9 Å². The molecular weight excluding hydrogens is 146 g/mol. The zero-order valence-electron chi connectivity index (χ0n) is 9.02. The summed E-state index contributed by atoms with van der Waals surface area (Å²) in [5.74, 6) is 0.440. The fraction of sp³-hybridized carbons (Fsp3) is 0.545. The lowest BCUT2D eigenvalue weighted by molar-refractivity contribution is 0.882. The number of rotatable bonds is 3. The van der Waals surface area contributed by atoms with Crippen molar-refractivity contribution in [2.75, 3.05) is 0 Å². The third kappa shape index (κ3) is 5.90. The van der Waals surface area contributed by atoms with Crippen LogP contribution in [0.5, 0.6) is 0 Å². The summed E-state index contributed by atoms with van der Waals surface area (Å²) in [6.07, 6.45) is 1.56. The van der Waals surface area contributed by atoms with Crippen LogP contribution in [0.2, 0.25) is 0 Å². The lowest BCUT2D eigenvalue weighted by atomic mass is 10.0. The molecule has 0 saturated heterocycles. The molecule has 70 valence electrons. The molecule has 0 unspecified atom stereocenters. The van der Waals surface area contributed by atoms with Crippen LogP contribution in [0.1, 0.15) is 34.6 Å². The second-order valence-corrected chi connectivity index (χ2v) is 2.63. The van der Waals surface area contributed by atoms with Gasteiger partial charge < -0.3 is 0 Å². The Labute approximate surface area is 76.9 Å². The molecule has 0 bridgehead atoms. The van der Waals surface area contributed by atoms with Gasteiger partial charge in [-0.25, -0.2) is 0 Å². The molecule has 0 aromatic rings. The highest BCUT2D eigenvalue weighted by Crippen LogP contribution is 2.05. The molecule has 1 nitrogen and oxygen atoms in total. The van der Waals surface area contributed by atoms with Crippen molar-refractivity contribution in [2.24, 2.45) is 10.9 Å². The highest BCUT2D eigenvalue weighted by atomic mass is 14.7. The van der Waals surface area contributed by atoms with E-state index in [9.17, 15) is 0 Å². The van der Waals surface area contributed by atoms with Crippen molar-refractivity contribution in [3.05, 3.63) is 24.9 Å². The maximum Gasteiger partial charge on any atom is 0.0451 e. The molecule has 0 aliphatic carbocycles. The summed E-state index contributed by atoms with van der Waals surface area (Å²) in [5, 5.41) is 0. The summed E-state index contributed by atoms with van der Waals surface area (Å²) in [6, 6.07) is 0. The van der Waals surface area contributed by atoms with E-state index >= 15 is 0 Å². The Kier molecular flexibility index (Phi) is 9.43. The molecule has 0 amide bonds. The van der Waals surface area contributed by atoms with Crippen molar-refractivity contribution in [3.63, 3.8) is 0 Å². The third-order valence-electron chi connectivity index (χ3n) is 1.21. The van der Waals surface area contributed by atoms with Crippen LogP contribution in [0.25, 0.3) is 0 Å². The molecule has 0 radical (unpaired) electrons. The second-order valence-electron chi connectivity index (χ2n) is 2.63. The smallest absolute Gasteiger partial charge is 0.0451 e. The molecule has 0 aliphatic rings. The van der Waals surface area contributed by atoms with Gasteiger partial charge in [-0.05, 0) is 18.4 Å². The van der Waals surface area contributed by atoms with Gasteiger partial charge in [0.1, 0.15) is 0 Å². The minimum Gasteiger partial charge on any atom is -0.261 e. The quantitative estimate of drug-likeness (QED) is 0.566. The predicted octanol–water partition coefficient (Wildman–Crippen LogP) is 3.83. The van der Waals surface area contributed by atoms with E-state index in [4.69, 9.17) is 0 Å². The predicted molar refractivity (Wildman–Crippen MR) is 58.6 cm³/mol. The number of hydrogen-bond donors (Lipinski definition) is 0. The van der Waals surface area contributed by atoms with Gasteiger partial charge in [-0.1, -0.05) is 40.9 Å². The molecule has 1 heteroatoms. The van der Waals surface area contributed by atoms with E-state index in [0.717, 1.165) is 11.3 Å². The molecule has 0 aromatic carbocycles. The highest BCUT2D eigenvalue weighted by Gasteiger charge is 2.03. The normalized spacial score (nSPS) is 10.3. The Balaban J connectivity index is 0. The number of aliphatic imine (C=N–C) groups is 1. The maximum absolute atomic E-state index is 4.10. The van der Waals surface area contributed by atoms with E-state index < -0.39 is 0 Å². The molecule has 0 rings (SSSR count). The van der Waals surface area contributed by atoms with Gasteiger partial charge in [0.25, 0.3) is 0 Å². The molecule has 0 N–H and O–H groups in total. The summed E-state index contributed by atoms with van der Waals surface area (Å²) in [7, 11) is 0.